The molecular formula is C16H28IN5S. The second-order valence-electron chi connectivity index (χ2n) is 7.06. The highest BCUT2D eigenvalue weighted by molar-refractivity contribution is 14.0. The normalized spacial score (nSPS) is 20.6. The molecule has 0 radical (unpaired) electrons. The Morgan fingerprint density at radius 1 is 1.35 bits per heavy atom. The molecule has 1 aromatic heterocycles. The number of piperazine rings is 1. The first-order chi connectivity index (χ1) is 10.6. The van der Waals surface area contributed by atoms with Gasteiger partial charge in [0.2, 0.25) is 0 Å². The van der Waals surface area contributed by atoms with Crippen molar-refractivity contribution in [1.29, 1.82) is 0 Å². The molecule has 1 aliphatic carbocycles. The lowest BCUT2D eigenvalue weighted by molar-refractivity contribution is 0.370. The van der Waals surface area contributed by atoms with E-state index < -0.39 is 0 Å². The van der Waals surface area contributed by atoms with Crippen LogP contribution in [0.1, 0.15) is 33.1 Å². The topological polar surface area (TPSA) is 57.8 Å². The molecule has 1 saturated carbocycles. The van der Waals surface area contributed by atoms with Crippen molar-refractivity contribution in [1.82, 2.24) is 9.88 Å². The van der Waals surface area contributed by atoms with Crippen LogP contribution in [0.25, 0.3) is 0 Å². The van der Waals surface area contributed by atoms with Crippen LogP contribution in [0.2, 0.25) is 0 Å². The van der Waals surface area contributed by atoms with Crippen molar-refractivity contribution in [2.45, 2.75) is 33.1 Å². The summed E-state index contributed by atoms with van der Waals surface area (Å²) in [5, 5.41) is 3.14. The Hall–Kier alpha value is -0.570. The molecule has 0 bridgehead atoms. The smallest absolute Gasteiger partial charge is 0.191 e. The van der Waals surface area contributed by atoms with Gasteiger partial charge in [0.25, 0.3) is 0 Å². The van der Waals surface area contributed by atoms with Gasteiger partial charge in [-0.05, 0) is 30.6 Å². The van der Waals surface area contributed by atoms with Gasteiger partial charge < -0.3 is 15.5 Å². The van der Waals surface area contributed by atoms with Crippen LogP contribution in [0.15, 0.2) is 16.6 Å². The highest BCUT2D eigenvalue weighted by Crippen LogP contribution is 2.50. The van der Waals surface area contributed by atoms with Crippen LogP contribution in [0.5, 0.6) is 0 Å². The van der Waals surface area contributed by atoms with Crippen LogP contribution in [-0.4, -0.2) is 48.6 Å². The number of hydrogen-bond acceptors (Lipinski definition) is 4. The first kappa shape index (κ1) is 18.8. The van der Waals surface area contributed by atoms with Gasteiger partial charge in [-0.25, -0.2) is 4.98 Å². The van der Waals surface area contributed by atoms with Gasteiger partial charge in [0, 0.05) is 44.3 Å². The van der Waals surface area contributed by atoms with E-state index in [4.69, 9.17) is 10.7 Å². The molecule has 1 aromatic rings. The summed E-state index contributed by atoms with van der Waals surface area (Å²) in [5.74, 6) is 1.48. The number of aromatic nitrogens is 1. The first-order valence-corrected chi connectivity index (χ1v) is 9.15. The van der Waals surface area contributed by atoms with Crippen molar-refractivity contribution in [2.75, 3.05) is 37.6 Å². The minimum atomic E-state index is 0. The average molecular weight is 449 g/mol. The Labute approximate surface area is 160 Å². The van der Waals surface area contributed by atoms with Crippen LogP contribution in [0.4, 0.5) is 5.13 Å². The molecule has 0 unspecified atom stereocenters. The van der Waals surface area contributed by atoms with Crippen LogP contribution >= 0.6 is 35.3 Å². The van der Waals surface area contributed by atoms with Gasteiger partial charge in [-0.2, -0.15) is 0 Å². The van der Waals surface area contributed by atoms with Crippen LogP contribution in [0, 0.1) is 11.3 Å². The van der Waals surface area contributed by atoms with Crippen molar-refractivity contribution >= 4 is 46.4 Å². The number of halogens is 1. The molecule has 1 saturated heterocycles. The van der Waals surface area contributed by atoms with E-state index in [1.807, 2.05) is 11.6 Å². The van der Waals surface area contributed by atoms with E-state index in [2.05, 4.69) is 28.6 Å². The zero-order valence-corrected chi connectivity index (χ0v) is 17.2. The molecule has 2 N–H and O–H groups in total. The third-order valence-corrected chi connectivity index (χ3v) is 5.50. The molecule has 3 rings (SSSR count). The molecule has 0 spiro atoms. The maximum Gasteiger partial charge on any atom is 0.191 e. The molecule has 2 aliphatic rings. The summed E-state index contributed by atoms with van der Waals surface area (Å²) in [6.45, 7) is 9.32. The highest BCUT2D eigenvalue weighted by Gasteiger charge is 2.42. The van der Waals surface area contributed by atoms with Gasteiger partial charge >= 0.3 is 0 Å². The fourth-order valence-electron chi connectivity index (χ4n) is 3.32. The van der Waals surface area contributed by atoms with Gasteiger partial charge in [-0.1, -0.05) is 13.8 Å². The maximum atomic E-state index is 6.22. The molecule has 130 valence electrons. The standard InChI is InChI=1S/C16H27N5S.HI/c1-13(2)11-16(3-4-16)12-19-14(17)20-6-8-21(9-7-20)15-18-5-10-22-15;/h5,10,13H,3-4,6-9,11-12H2,1-2H3,(H2,17,19);1H. The molecule has 5 nitrogen and oxygen atoms in total. The van der Waals surface area contributed by atoms with E-state index in [0.29, 0.717) is 5.41 Å². The van der Waals surface area contributed by atoms with Crippen molar-refractivity contribution in [2.24, 2.45) is 22.1 Å². The lowest BCUT2D eigenvalue weighted by Gasteiger charge is -2.35. The Kier molecular flexibility index (Phi) is 6.53. The summed E-state index contributed by atoms with van der Waals surface area (Å²) < 4.78 is 0. The molecule has 0 amide bonds. The predicted molar refractivity (Wildman–Crippen MR) is 109 cm³/mol. The second-order valence-corrected chi connectivity index (χ2v) is 7.93. The number of rotatable bonds is 5. The minimum Gasteiger partial charge on any atom is -0.370 e. The first-order valence-electron chi connectivity index (χ1n) is 8.27. The number of nitrogens with zero attached hydrogens (tertiary/aromatic N) is 4. The second kappa shape index (κ2) is 8.00. The number of hydrogen-bond donors (Lipinski definition) is 1. The van der Waals surface area contributed by atoms with Crippen LogP contribution < -0.4 is 10.6 Å². The van der Waals surface area contributed by atoms with Gasteiger partial charge in [0.05, 0.1) is 0 Å². The molecule has 1 aliphatic heterocycles. The van der Waals surface area contributed by atoms with Crippen molar-refractivity contribution in [3.63, 3.8) is 0 Å². The number of anilines is 1. The summed E-state index contributed by atoms with van der Waals surface area (Å²) in [6.07, 6.45) is 5.78. The molecule has 7 heteroatoms. The van der Waals surface area contributed by atoms with Gasteiger partial charge in [-0.15, -0.1) is 35.3 Å². The third kappa shape index (κ3) is 4.95. The van der Waals surface area contributed by atoms with Crippen LogP contribution in [0.3, 0.4) is 0 Å². The van der Waals surface area contributed by atoms with E-state index in [1.54, 1.807) is 11.3 Å². The molecule has 0 atom stereocenters. The highest BCUT2D eigenvalue weighted by atomic mass is 127. The van der Waals surface area contributed by atoms with E-state index in [0.717, 1.165) is 49.7 Å². The number of nitrogens with two attached hydrogens (primary N) is 1. The van der Waals surface area contributed by atoms with Gasteiger partial charge in [-0.3, -0.25) is 4.99 Å². The van der Waals surface area contributed by atoms with E-state index in [-0.39, 0.29) is 24.0 Å². The van der Waals surface area contributed by atoms with Crippen molar-refractivity contribution in [3.05, 3.63) is 11.6 Å². The summed E-state index contributed by atoms with van der Waals surface area (Å²) in [6, 6.07) is 0. The van der Waals surface area contributed by atoms with E-state index >= 15 is 0 Å². The summed E-state index contributed by atoms with van der Waals surface area (Å²) >= 11 is 1.70. The zero-order valence-electron chi connectivity index (χ0n) is 14.1. The summed E-state index contributed by atoms with van der Waals surface area (Å²) in [7, 11) is 0. The maximum absolute atomic E-state index is 6.22. The monoisotopic (exact) mass is 449 g/mol. The fraction of sp³-hybridized carbons (Fsp3) is 0.750. The fourth-order valence-corrected chi connectivity index (χ4v) is 4.01. The van der Waals surface area contributed by atoms with E-state index in [1.165, 1.54) is 19.3 Å². The molecule has 23 heavy (non-hydrogen) atoms. The minimum absolute atomic E-state index is 0. The van der Waals surface area contributed by atoms with Crippen LogP contribution in [-0.2, 0) is 0 Å². The Morgan fingerprint density at radius 2 is 2.04 bits per heavy atom. The van der Waals surface area contributed by atoms with Gasteiger partial charge in [0.15, 0.2) is 11.1 Å². The Morgan fingerprint density at radius 3 is 2.57 bits per heavy atom. The quantitative estimate of drug-likeness (QED) is 0.427. The lowest BCUT2D eigenvalue weighted by Crippen LogP contribution is -2.51. The number of guanidine groups is 1. The molecule has 0 aromatic carbocycles. The lowest BCUT2D eigenvalue weighted by atomic mass is 9.94. The number of thiazole rings is 1. The summed E-state index contributed by atoms with van der Waals surface area (Å²) in [5.41, 5.74) is 6.68. The van der Waals surface area contributed by atoms with Gasteiger partial charge in [0.1, 0.15) is 0 Å². The largest absolute Gasteiger partial charge is 0.370 e. The van der Waals surface area contributed by atoms with Crippen molar-refractivity contribution in [3.8, 4) is 0 Å². The third-order valence-electron chi connectivity index (χ3n) is 4.67. The summed E-state index contributed by atoms with van der Waals surface area (Å²) in [4.78, 5) is 13.6. The molecule has 2 fully saturated rings. The van der Waals surface area contributed by atoms with E-state index in [9.17, 15) is 0 Å². The zero-order chi connectivity index (χ0) is 15.6. The number of aliphatic imine (C=N–C) groups is 1. The Bertz CT molecular complexity index is 505. The molecular weight excluding hydrogens is 421 g/mol. The average Bonchev–Trinajstić information content (AvgIpc) is 3.04. The van der Waals surface area contributed by atoms with Crippen molar-refractivity contribution < 1.29 is 0 Å². The molecule has 2 heterocycles. The SMILES string of the molecule is CC(C)CC1(CN=C(N)N2CCN(c3nccs3)CC2)CC1.I. The predicted octanol–water partition coefficient (Wildman–Crippen LogP) is 3.02. The Balaban J connectivity index is 0.00000192.